The molecule has 1 atom stereocenters. The van der Waals surface area contributed by atoms with Gasteiger partial charge >= 0.3 is 0 Å². The normalized spacial score (nSPS) is 11.6. The van der Waals surface area contributed by atoms with Crippen molar-refractivity contribution in [2.45, 2.75) is 4.90 Å². The highest BCUT2D eigenvalue weighted by molar-refractivity contribution is 7.85. The summed E-state index contributed by atoms with van der Waals surface area (Å²) in [5, 5.41) is 13.3. The summed E-state index contributed by atoms with van der Waals surface area (Å²) in [6.45, 7) is 0.225. The molecule has 0 aliphatic rings. The van der Waals surface area contributed by atoms with Gasteiger partial charge in [0.2, 0.25) is 0 Å². The van der Waals surface area contributed by atoms with Gasteiger partial charge in [-0.3, -0.25) is 19.1 Å². The minimum Gasteiger partial charge on any atom is -0.351 e. The minimum absolute atomic E-state index is 0.138. The second-order valence-corrected chi connectivity index (χ2v) is 6.00. The standard InChI is InChI=1S/C15H14N2O4S/c18-15(12-5-4-6-13(11-12)17(19)20)16-9-10-22(21)14-7-2-1-3-8-14/h1-8,11H,9-10H2,(H,16,18). The molecule has 0 spiro atoms. The van der Waals surface area contributed by atoms with Crippen LogP contribution in [0.5, 0.6) is 0 Å². The first-order valence-corrected chi connectivity index (χ1v) is 7.86. The van der Waals surface area contributed by atoms with Crippen molar-refractivity contribution in [3.05, 3.63) is 70.3 Å². The van der Waals surface area contributed by atoms with E-state index in [1.165, 1.54) is 24.3 Å². The number of nitrogens with zero attached hydrogens (tertiary/aromatic N) is 1. The summed E-state index contributed by atoms with van der Waals surface area (Å²) < 4.78 is 12.0. The number of carbonyl (C=O) groups is 1. The number of carbonyl (C=O) groups excluding carboxylic acids is 1. The highest BCUT2D eigenvalue weighted by Crippen LogP contribution is 2.12. The van der Waals surface area contributed by atoms with Gasteiger partial charge in [-0.2, -0.15) is 0 Å². The molecule has 0 saturated heterocycles. The zero-order chi connectivity index (χ0) is 15.9. The molecule has 6 nitrogen and oxygen atoms in total. The molecule has 22 heavy (non-hydrogen) atoms. The summed E-state index contributed by atoms with van der Waals surface area (Å²) in [7, 11) is -1.19. The number of rotatable bonds is 6. The second kappa shape index (κ2) is 7.46. The molecule has 0 aliphatic carbocycles. The molecule has 7 heteroatoms. The predicted molar refractivity (Wildman–Crippen MR) is 83.1 cm³/mol. The maximum atomic E-state index is 12.0. The van der Waals surface area contributed by atoms with Gasteiger partial charge in [0, 0.05) is 34.9 Å². The lowest BCUT2D eigenvalue weighted by Gasteiger charge is -2.05. The van der Waals surface area contributed by atoms with Gasteiger partial charge in [0.1, 0.15) is 0 Å². The number of non-ortho nitro benzene ring substituents is 1. The van der Waals surface area contributed by atoms with Crippen LogP contribution in [0.2, 0.25) is 0 Å². The van der Waals surface area contributed by atoms with E-state index in [2.05, 4.69) is 5.32 Å². The number of nitro benzene ring substituents is 1. The summed E-state index contributed by atoms with van der Waals surface area (Å²) in [6.07, 6.45) is 0. The zero-order valence-corrected chi connectivity index (χ0v) is 12.4. The molecule has 0 aliphatic heterocycles. The fourth-order valence-corrected chi connectivity index (χ4v) is 2.79. The molecular weight excluding hydrogens is 304 g/mol. The van der Waals surface area contributed by atoms with E-state index in [-0.39, 0.29) is 23.5 Å². The fraction of sp³-hybridized carbons (Fsp3) is 0.133. The van der Waals surface area contributed by atoms with E-state index in [1.807, 2.05) is 6.07 Å². The van der Waals surface area contributed by atoms with Crippen LogP contribution in [-0.4, -0.2) is 27.3 Å². The number of nitro groups is 1. The predicted octanol–water partition coefficient (Wildman–Crippen LogP) is 2.13. The first kappa shape index (κ1) is 15.8. The van der Waals surface area contributed by atoms with E-state index in [9.17, 15) is 19.1 Å². The van der Waals surface area contributed by atoms with Gasteiger partial charge in [-0.1, -0.05) is 24.3 Å². The van der Waals surface area contributed by atoms with Crippen molar-refractivity contribution in [2.24, 2.45) is 0 Å². The number of nitrogens with one attached hydrogen (secondary N) is 1. The van der Waals surface area contributed by atoms with Crippen LogP contribution >= 0.6 is 0 Å². The van der Waals surface area contributed by atoms with E-state index in [0.717, 1.165) is 0 Å². The Labute approximate surface area is 129 Å². The van der Waals surface area contributed by atoms with Crippen LogP contribution < -0.4 is 5.32 Å². The highest BCUT2D eigenvalue weighted by Gasteiger charge is 2.11. The lowest BCUT2D eigenvalue weighted by atomic mass is 10.2. The summed E-state index contributed by atoms with van der Waals surface area (Å²) in [4.78, 5) is 22.7. The molecular formula is C15H14N2O4S. The van der Waals surface area contributed by atoms with E-state index in [1.54, 1.807) is 24.3 Å². The minimum atomic E-state index is -1.19. The Balaban J connectivity index is 1.89. The second-order valence-electron chi connectivity index (χ2n) is 4.43. The topological polar surface area (TPSA) is 89.3 Å². The Kier molecular flexibility index (Phi) is 5.37. The average Bonchev–Trinajstić information content (AvgIpc) is 2.55. The molecule has 0 saturated carbocycles. The SMILES string of the molecule is O=C(NCCS(=O)c1ccccc1)c1cccc([N+](=O)[O-])c1. The molecule has 0 fully saturated rings. The third-order valence-corrected chi connectivity index (χ3v) is 4.27. The number of amides is 1. The van der Waals surface area contributed by atoms with Crippen LogP contribution in [0.3, 0.4) is 0 Å². The van der Waals surface area contributed by atoms with E-state index < -0.39 is 21.6 Å². The first-order valence-electron chi connectivity index (χ1n) is 6.54. The molecule has 2 rings (SSSR count). The smallest absolute Gasteiger partial charge is 0.270 e. The third kappa shape index (κ3) is 4.23. The third-order valence-electron chi connectivity index (χ3n) is 2.90. The molecule has 0 bridgehead atoms. The van der Waals surface area contributed by atoms with Crippen molar-refractivity contribution in [3.8, 4) is 0 Å². The summed E-state index contributed by atoms with van der Waals surface area (Å²) >= 11 is 0. The Hall–Kier alpha value is -2.54. The Morgan fingerprint density at radius 3 is 2.55 bits per heavy atom. The lowest BCUT2D eigenvalue weighted by molar-refractivity contribution is -0.384. The molecule has 1 N–H and O–H groups in total. The van der Waals surface area contributed by atoms with Crippen LogP contribution in [0.1, 0.15) is 10.4 Å². The maximum absolute atomic E-state index is 12.0. The average molecular weight is 318 g/mol. The van der Waals surface area contributed by atoms with Crippen molar-refractivity contribution >= 4 is 22.4 Å². The van der Waals surface area contributed by atoms with Crippen LogP contribution in [0.25, 0.3) is 0 Å². The molecule has 114 valence electrons. The van der Waals surface area contributed by atoms with Crippen molar-refractivity contribution in [1.29, 1.82) is 0 Å². The molecule has 0 aromatic heterocycles. The van der Waals surface area contributed by atoms with Gasteiger partial charge in [0.25, 0.3) is 11.6 Å². The number of hydrogen-bond acceptors (Lipinski definition) is 4. The van der Waals surface area contributed by atoms with Gasteiger partial charge in [-0.25, -0.2) is 0 Å². The lowest BCUT2D eigenvalue weighted by Crippen LogP contribution is -2.27. The molecule has 1 amide bonds. The number of benzene rings is 2. The molecule has 0 heterocycles. The quantitative estimate of drug-likeness (QED) is 0.652. The summed E-state index contributed by atoms with van der Waals surface area (Å²) in [5.74, 6) is -0.140. The Morgan fingerprint density at radius 2 is 1.86 bits per heavy atom. The zero-order valence-electron chi connectivity index (χ0n) is 11.6. The highest BCUT2D eigenvalue weighted by atomic mass is 32.2. The van der Waals surface area contributed by atoms with Gasteiger partial charge in [-0.15, -0.1) is 0 Å². The molecule has 2 aromatic carbocycles. The van der Waals surface area contributed by atoms with Crippen LogP contribution in [-0.2, 0) is 10.8 Å². The van der Waals surface area contributed by atoms with Crippen molar-refractivity contribution in [2.75, 3.05) is 12.3 Å². The molecule has 1 unspecified atom stereocenters. The summed E-state index contributed by atoms with van der Waals surface area (Å²) in [5.41, 5.74) is 0.0696. The van der Waals surface area contributed by atoms with Gasteiger partial charge in [0.05, 0.1) is 15.7 Å². The summed E-state index contributed by atoms with van der Waals surface area (Å²) in [6, 6.07) is 14.4. The maximum Gasteiger partial charge on any atom is 0.270 e. The van der Waals surface area contributed by atoms with Gasteiger partial charge < -0.3 is 5.32 Å². The molecule has 2 aromatic rings. The van der Waals surface area contributed by atoms with Crippen molar-refractivity contribution in [1.82, 2.24) is 5.32 Å². The van der Waals surface area contributed by atoms with Crippen LogP contribution in [0, 0.1) is 10.1 Å². The fourth-order valence-electron chi connectivity index (χ4n) is 1.81. The van der Waals surface area contributed by atoms with Gasteiger partial charge in [-0.05, 0) is 18.2 Å². The van der Waals surface area contributed by atoms with E-state index >= 15 is 0 Å². The van der Waals surface area contributed by atoms with E-state index in [0.29, 0.717) is 4.90 Å². The number of hydrogen-bond donors (Lipinski definition) is 1. The van der Waals surface area contributed by atoms with Crippen molar-refractivity contribution < 1.29 is 13.9 Å². The van der Waals surface area contributed by atoms with Crippen LogP contribution in [0.4, 0.5) is 5.69 Å². The Morgan fingerprint density at radius 1 is 1.14 bits per heavy atom. The van der Waals surface area contributed by atoms with Gasteiger partial charge in [0.15, 0.2) is 0 Å². The van der Waals surface area contributed by atoms with E-state index in [4.69, 9.17) is 0 Å². The van der Waals surface area contributed by atoms with Crippen LogP contribution in [0.15, 0.2) is 59.5 Å². The van der Waals surface area contributed by atoms with Crippen molar-refractivity contribution in [3.63, 3.8) is 0 Å². The first-order chi connectivity index (χ1) is 10.6. The largest absolute Gasteiger partial charge is 0.351 e. The Bertz CT molecular complexity index is 704. The molecule has 0 radical (unpaired) electrons. The monoisotopic (exact) mass is 318 g/mol.